The molecule has 0 amide bonds. The van der Waals surface area contributed by atoms with E-state index in [4.69, 9.17) is 9.47 Å². The minimum Gasteiger partial charge on any atom is -0.453 e. The van der Waals surface area contributed by atoms with E-state index >= 15 is 0 Å². The summed E-state index contributed by atoms with van der Waals surface area (Å²) in [6, 6.07) is 62.2. The third-order valence-corrected chi connectivity index (χ3v) is 10.9. The first-order valence-electron chi connectivity index (χ1n) is 18.5. The van der Waals surface area contributed by atoms with Crippen molar-refractivity contribution < 1.29 is 14.3 Å². The molecule has 0 fully saturated rings. The van der Waals surface area contributed by atoms with E-state index in [9.17, 15) is 4.79 Å². The highest BCUT2D eigenvalue weighted by molar-refractivity contribution is 6.13. The predicted octanol–water partition coefficient (Wildman–Crippen LogP) is 13.3. The Bertz CT molecular complexity index is 2730. The van der Waals surface area contributed by atoms with Crippen LogP contribution in [0.25, 0.3) is 22.3 Å². The standard InChI is InChI=1S/C50H32N2O3/c53-50-40-28-23-34(32-19-24-38(25-20-32)51-42-9-1-5-13-46(42)54-47-14-6-2-10-43(47)51)29-37(40)30-36-18-17-35(31-41(36)50)33-21-26-39(27-22-33)52-44-11-3-7-15-48(44)55-49-16-8-4-12-45(49)52/h1-29,31H,30H2. The van der Waals surface area contributed by atoms with Crippen molar-refractivity contribution >= 4 is 39.9 Å². The predicted molar refractivity (Wildman–Crippen MR) is 220 cm³/mol. The van der Waals surface area contributed by atoms with Crippen LogP contribution in [0.1, 0.15) is 27.0 Å². The van der Waals surface area contributed by atoms with Crippen molar-refractivity contribution in [2.75, 3.05) is 9.80 Å². The minimum atomic E-state index is 0.0720. The number of fused-ring (bicyclic) bond motifs is 6. The van der Waals surface area contributed by atoms with Gasteiger partial charge in [0.2, 0.25) is 0 Å². The number of hydrogen-bond donors (Lipinski definition) is 0. The van der Waals surface area contributed by atoms with Gasteiger partial charge in [0.1, 0.15) is 0 Å². The Morgan fingerprint density at radius 1 is 0.364 bits per heavy atom. The van der Waals surface area contributed by atoms with Crippen LogP contribution in [-0.2, 0) is 6.42 Å². The second-order valence-corrected chi connectivity index (χ2v) is 14.1. The van der Waals surface area contributed by atoms with Crippen molar-refractivity contribution in [3.63, 3.8) is 0 Å². The highest BCUT2D eigenvalue weighted by Crippen LogP contribution is 2.51. The molecule has 0 N–H and O–H groups in total. The highest BCUT2D eigenvalue weighted by Gasteiger charge is 2.28. The van der Waals surface area contributed by atoms with Crippen molar-refractivity contribution in [1.29, 1.82) is 0 Å². The highest BCUT2D eigenvalue weighted by atomic mass is 16.5. The number of nitrogens with zero attached hydrogens (tertiary/aromatic N) is 2. The molecular weight excluding hydrogens is 677 g/mol. The summed E-state index contributed by atoms with van der Waals surface area (Å²) in [4.78, 5) is 18.5. The molecule has 0 spiro atoms. The Morgan fingerprint density at radius 3 is 1.24 bits per heavy atom. The molecule has 0 radical (unpaired) electrons. The first-order valence-corrected chi connectivity index (χ1v) is 18.5. The molecule has 0 unspecified atom stereocenters. The number of carbonyl (C=O) groups excluding carboxylic acids is 1. The van der Waals surface area contributed by atoms with Gasteiger partial charge in [0.15, 0.2) is 28.8 Å². The van der Waals surface area contributed by atoms with Gasteiger partial charge in [-0.1, -0.05) is 103 Å². The van der Waals surface area contributed by atoms with E-state index in [1.165, 1.54) is 0 Å². The maximum atomic E-state index is 14.0. The van der Waals surface area contributed by atoms with Crippen molar-refractivity contribution in [2.45, 2.75) is 6.42 Å². The molecule has 5 nitrogen and oxygen atoms in total. The summed E-state index contributed by atoms with van der Waals surface area (Å²) in [6.07, 6.45) is 0.707. The maximum Gasteiger partial charge on any atom is 0.193 e. The molecule has 260 valence electrons. The number of rotatable bonds is 4. The fraction of sp³-hybridized carbons (Fsp3) is 0.0200. The number of ether oxygens (including phenoxy) is 2. The van der Waals surface area contributed by atoms with Gasteiger partial charge in [0.05, 0.1) is 22.7 Å². The zero-order chi connectivity index (χ0) is 36.5. The number of carbonyl (C=O) groups is 1. The average molecular weight is 709 g/mol. The molecule has 0 saturated heterocycles. The van der Waals surface area contributed by atoms with Crippen molar-refractivity contribution in [2.24, 2.45) is 0 Å². The third kappa shape index (κ3) is 5.12. The third-order valence-electron chi connectivity index (χ3n) is 10.9. The van der Waals surface area contributed by atoms with Gasteiger partial charge in [-0.25, -0.2) is 0 Å². The lowest BCUT2D eigenvalue weighted by Gasteiger charge is -2.32. The lowest BCUT2D eigenvalue weighted by molar-refractivity contribution is 0.103. The summed E-state index contributed by atoms with van der Waals surface area (Å²) in [7, 11) is 0. The van der Waals surface area contributed by atoms with E-state index in [1.54, 1.807) is 0 Å². The first-order chi connectivity index (χ1) is 27.2. The number of hydrogen-bond acceptors (Lipinski definition) is 5. The number of para-hydroxylation sites is 8. The number of ketones is 1. The second-order valence-electron chi connectivity index (χ2n) is 14.1. The normalized spacial score (nSPS) is 13.3. The van der Waals surface area contributed by atoms with Crippen LogP contribution in [0, 0.1) is 0 Å². The molecule has 2 aliphatic heterocycles. The molecule has 55 heavy (non-hydrogen) atoms. The molecule has 11 rings (SSSR count). The second kappa shape index (κ2) is 12.4. The van der Waals surface area contributed by atoms with E-state index < -0.39 is 0 Å². The fourth-order valence-electron chi connectivity index (χ4n) is 8.18. The van der Waals surface area contributed by atoms with E-state index in [2.05, 4.69) is 113 Å². The van der Waals surface area contributed by atoms with Crippen molar-refractivity contribution in [3.05, 3.63) is 204 Å². The smallest absolute Gasteiger partial charge is 0.193 e. The molecule has 2 heterocycles. The lowest BCUT2D eigenvalue weighted by atomic mass is 9.82. The Hall–Kier alpha value is -7.37. The molecule has 1 aliphatic carbocycles. The van der Waals surface area contributed by atoms with Crippen LogP contribution < -0.4 is 19.3 Å². The Labute approximate surface area is 318 Å². The molecular formula is C50H32N2O3. The maximum absolute atomic E-state index is 14.0. The lowest BCUT2D eigenvalue weighted by Crippen LogP contribution is -2.16. The van der Waals surface area contributed by atoms with Crippen LogP contribution in [0.3, 0.4) is 0 Å². The van der Waals surface area contributed by atoms with E-state index in [0.717, 1.165) is 102 Å². The first kappa shape index (κ1) is 31.2. The van der Waals surface area contributed by atoms with E-state index in [0.29, 0.717) is 6.42 Å². The minimum absolute atomic E-state index is 0.0720. The molecule has 0 saturated carbocycles. The molecule has 0 atom stereocenters. The van der Waals surface area contributed by atoms with Crippen molar-refractivity contribution in [3.8, 4) is 45.3 Å². The van der Waals surface area contributed by atoms with E-state index in [1.807, 2.05) is 78.9 Å². The summed E-state index contributed by atoms with van der Waals surface area (Å²) in [5.41, 5.74) is 14.0. The topological polar surface area (TPSA) is 42.0 Å². The van der Waals surface area contributed by atoms with Gasteiger partial charge in [-0.05, 0) is 119 Å². The summed E-state index contributed by atoms with van der Waals surface area (Å²) < 4.78 is 12.4. The summed E-state index contributed by atoms with van der Waals surface area (Å²) in [6.45, 7) is 0. The Morgan fingerprint density at radius 2 is 0.764 bits per heavy atom. The van der Waals surface area contributed by atoms with Crippen LogP contribution in [0.5, 0.6) is 23.0 Å². The van der Waals surface area contributed by atoms with Crippen LogP contribution in [0.2, 0.25) is 0 Å². The van der Waals surface area contributed by atoms with Crippen LogP contribution >= 0.6 is 0 Å². The van der Waals surface area contributed by atoms with Crippen molar-refractivity contribution in [1.82, 2.24) is 0 Å². The number of anilines is 6. The molecule has 0 aromatic heterocycles. The van der Waals surface area contributed by atoms with Gasteiger partial charge in [-0.3, -0.25) is 4.79 Å². The molecule has 0 bridgehead atoms. The molecule has 5 heteroatoms. The van der Waals surface area contributed by atoms with Gasteiger partial charge in [-0.2, -0.15) is 0 Å². The van der Waals surface area contributed by atoms with Crippen LogP contribution in [-0.4, -0.2) is 5.78 Å². The zero-order valence-corrected chi connectivity index (χ0v) is 29.6. The van der Waals surface area contributed by atoms with Gasteiger partial charge in [0.25, 0.3) is 0 Å². The average Bonchev–Trinajstić information content (AvgIpc) is 3.24. The SMILES string of the molecule is O=C1c2ccc(-c3ccc(N4c5ccccc5Oc5ccccc54)cc3)cc2Cc2ccc(-c3ccc(N4c5ccccc5Oc5ccccc54)cc3)cc21. The number of benzene rings is 8. The zero-order valence-electron chi connectivity index (χ0n) is 29.6. The summed E-state index contributed by atoms with van der Waals surface area (Å²) >= 11 is 0. The largest absolute Gasteiger partial charge is 0.453 e. The monoisotopic (exact) mass is 708 g/mol. The van der Waals surface area contributed by atoms with Crippen LogP contribution in [0.15, 0.2) is 182 Å². The van der Waals surface area contributed by atoms with Gasteiger partial charge in [0, 0.05) is 22.5 Å². The summed E-state index contributed by atoms with van der Waals surface area (Å²) in [5, 5.41) is 0. The van der Waals surface area contributed by atoms with E-state index in [-0.39, 0.29) is 5.78 Å². The molecule has 8 aromatic carbocycles. The quantitative estimate of drug-likeness (QED) is 0.182. The van der Waals surface area contributed by atoms with Gasteiger partial charge in [-0.15, -0.1) is 0 Å². The molecule has 3 aliphatic rings. The van der Waals surface area contributed by atoms with Gasteiger partial charge >= 0.3 is 0 Å². The van der Waals surface area contributed by atoms with Gasteiger partial charge < -0.3 is 19.3 Å². The Balaban J connectivity index is 0.861. The Kier molecular flexibility index (Phi) is 7.01. The summed E-state index contributed by atoms with van der Waals surface area (Å²) in [5.74, 6) is 3.38. The molecule has 8 aromatic rings. The van der Waals surface area contributed by atoms with Crippen LogP contribution in [0.4, 0.5) is 34.1 Å². The fourth-order valence-corrected chi connectivity index (χ4v) is 8.18.